The molecule has 0 aromatic heterocycles. The molecule has 5 nitrogen and oxygen atoms in total. The first-order valence-electron chi connectivity index (χ1n) is 6.52. The fourth-order valence-electron chi connectivity index (χ4n) is 1.60. The largest absolute Gasteiger partial charge is 0.394 e. The molecule has 1 aromatic carbocycles. The molecule has 0 aliphatic rings. The first-order chi connectivity index (χ1) is 9.56. The van der Waals surface area contributed by atoms with Crippen molar-refractivity contribution in [2.45, 2.75) is 26.3 Å². The fourth-order valence-corrected chi connectivity index (χ4v) is 1.60. The Bertz CT molecular complexity index is 479. The van der Waals surface area contributed by atoms with Crippen LogP contribution < -0.4 is 10.6 Å². The van der Waals surface area contributed by atoms with Crippen LogP contribution in [0.3, 0.4) is 0 Å². The average Bonchev–Trinajstić information content (AvgIpc) is 2.44. The SMILES string of the molecule is CC[C@@H](CO)NC(=O)/C(=C\c1ccccc1)NC(C)=O. The summed E-state index contributed by atoms with van der Waals surface area (Å²) >= 11 is 0. The van der Waals surface area contributed by atoms with Crippen LogP contribution in [0.4, 0.5) is 0 Å². The predicted molar refractivity (Wildman–Crippen MR) is 77.5 cm³/mol. The van der Waals surface area contributed by atoms with E-state index in [4.69, 9.17) is 5.11 Å². The molecule has 0 radical (unpaired) electrons. The maximum absolute atomic E-state index is 12.1. The molecular weight excluding hydrogens is 256 g/mol. The molecule has 1 rings (SSSR count). The van der Waals surface area contributed by atoms with Crippen molar-refractivity contribution in [3.05, 3.63) is 41.6 Å². The van der Waals surface area contributed by atoms with Crippen molar-refractivity contribution in [2.24, 2.45) is 0 Å². The lowest BCUT2D eigenvalue weighted by atomic mass is 10.1. The zero-order chi connectivity index (χ0) is 15.0. The van der Waals surface area contributed by atoms with Crippen molar-refractivity contribution >= 4 is 17.9 Å². The second-order valence-electron chi connectivity index (χ2n) is 4.41. The molecule has 0 aliphatic heterocycles. The third-order valence-corrected chi connectivity index (χ3v) is 2.71. The number of hydrogen-bond acceptors (Lipinski definition) is 3. The number of hydrogen-bond donors (Lipinski definition) is 3. The van der Waals surface area contributed by atoms with Gasteiger partial charge >= 0.3 is 0 Å². The Balaban J connectivity index is 2.91. The van der Waals surface area contributed by atoms with E-state index in [1.54, 1.807) is 6.08 Å². The van der Waals surface area contributed by atoms with E-state index >= 15 is 0 Å². The lowest BCUT2D eigenvalue weighted by Crippen LogP contribution is -2.41. The summed E-state index contributed by atoms with van der Waals surface area (Å²) in [6.45, 7) is 3.07. The Labute approximate surface area is 118 Å². The van der Waals surface area contributed by atoms with Gasteiger partial charge in [0.2, 0.25) is 5.91 Å². The number of amides is 2. The van der Waals surface area contributed by atoms with Crippen LogP contribution in [-0.4, -0.2) is 29.6 Å². The van der Waals surface area contributed by atoms with Gasteiger partial charge in [0.05, 0.1) is 12.6 Å². The fraction of sp³-hybridized carbons (Fsp3) is 0.333. The summed E-state index contributed by atoms with van der Waals surface area (Å²) in [4.78, 5) is 23.3. The molecule has 0 aliphatic carbocycles. The van der Waals surface area contributed by atoms with Gasteiger partial charge in [-0.05, 0) is 18.1 Å². The summed E-state index contributed by atoms with van der Waals surface area (Å²) in [6.07, 6.45) is 2.21. The molecule has 0 heterocycles. The minimum absolute atomic E-state index is 0.138. The molecule has 0 unspecified atom stereocenters. The molecule has 1 atom stereocenters. The molecular formula is C15H20N2O3. The molecule has 108 valence electrons. The lowest BCUT2D eigenvalue weighted by Gasteiger charge is -2.16. The zero-order valence-electron chi connectivity index (χ0n) is 11.7. The molecule has 0 fully saturated rings. The van der Waals surface area contributed by atoms with Crippen LogP contribution in [0.1, 0.15) is 25.8 Å². The second kappa shape index (κ2) is 8.12. The minimum Gasteiger partial charge on any atom is -0.394 e. The van der Waals surface area contributed by atoms with E-state index in [9.17, 15) is 9.59 Å². The number of carbonyl (C=O) groups excluding carboxylic acids is 2. The van der Waals surface area contributed by atoms with Gasteiger partial charge in [-0.1, -0.05) is 37.3 Å². The first kappa shape index (κ1) is 15.9. The number of rotatable bonds is 6. The third-order valence-electron chi connectivity index (χ3n) is 2.71. The summed E-state index contributed by atoms with van der Waals surface area (Å²) in [5.41, 5.74) is 0.971. The van der Waals surface area contributed by atoms with Gasteiger partial charge in [-0.15, -0.1) is 0 Å². The average molecular weight is 276 g/mol. The van der Waals surface area contributed by atoms with Crippen LogP contribution in [0.5, 0.6) is 0 Å². The van der Waals surface area contributed by atoms with Crippen LogP contribution >= 0.6 is 0 Å². The van der Waals surface area contributed by atoms with E-state index in [0.29, 0.717) is 6.42 Å². The van der Waals surface area contributed by atoms with Crippen molar-refractivity contribution in [1.29, 1.82) is 0 Å². The third kappa shape index (κ3) is 5.24. The number of aliphatic hydroxyl groups is 1. The van der Waals surface area contributed by atoms with E-state index in [0.717, 1.165) is 5.56 Å². The van der Waals surface area contributed by atoms with Crippen LogP contribution in [0, 0.1) is 0 Å². The molecule has 0 saturated heterocycles. The van der Waals surface area contributed by atoms with E-state index in [1.165, 1.54) is 6.92 Å². The highest BCUT2D eigenvalue weighted by Gasteiger charge is 2.14. The Hall–Kier alpha value is -2.14. The lowest BCUT2D eigenvalue weighted by molar-refractivity contribution is -0.123. The minimum atomic E-state index is -0.412. The van der Waals surface area contributed by atoms with Gasteiger partial charge in [0.15, 0.2) is 0 Å². The number of nitrogens with one attached hydrogen (secondary N) is 2. The molecule has 3 N–H and O–H groups in total. The predicted octanol–water partition coefficient (Wildman–Crippen LogP) is 1.05. The maximum atomic E-state index is 12.1. The summed E-state index contributed by atoms with van der Waals surface area (Å²) in [6, 6.07) is 8.90. The second-order valence-corrected chi connectivity index (χ2v) is 4.41. The van der Waals surface area contributed by atoms with E-state index in [1.807, 2.05) is 37.3 Å². The summed E-state index contributed by atoms with van der Waals surface area (Å²) < 4.78 is 0. The standard InChI is InChI=1S/C15H20N2O3/c1-3-13(10-18)17-15(20)14(16-11(2)19)9-12-7-5-4-6-8-12/h4-9,13,18H,3,10H2,1-2H3,(H,16,19)(H,17,20)/b14-9+/t13-/m0/s1. The van der Waals surface area contributed by atoms with Gasteiger partial charge in [0, 0.05) is 6.92 Å². The molecule has 0 saturated carbocycles. The van der Waals surface area contributed by atoms with Crippen LogP contribution in [0.2, 0.25) is 0 Å². The van der Waals surface area contributed by atoms with E-state index < -0.39 is 5.91 Å². The Morgan fingerprint density at radius 2 is 1.95 bits per heavy atom. The molecule has 0 bridgehead atoms. The topological polar surface area (TPSA) is 78.4 Å². The molecule has 2 amide bonds. The first-order valence-corrected chi connectivity index (χ1v) is 6.52. The van der Waals surface area contributed by atoms with E-state index in [2.05, 4.69) is 10.6 Å². The van der Waals surface area contributed by atoms with Gasteiger partial charge in [0.1, 0.15) is 5.70 Å². The van der Waals surface area contributed by atoms with Gasteiger partial charge in [0.25, 0.3) is 5.91 Å². The van der Waals surface area contributed by atoms with Gasteiger partial charge in [-0.25, -0.2) is 0 Å². The number of benzene rings is 1. The monoisotopic (exact) mass is 276 g/mol. The molecule has 5 heteroatoms. The van der Waals surface area contributed by atoms with Crippen molar-refractivity contribution in [2.75, 3.05) is 6.61 Å². The van der Waals surface area contributed by atoms with Gasteiger partial charge in [-0.2, -0.15) is 0 Å². The highest BCUT2D eigenvalue weighted by atomic mass is 16.3. The van der Waals surface area contributed by atoms with E-state index in [-0.39, 0.29) is 24.3 Å². The summed E-state index contributed by atoms with van der Waals surface area (Å²) in [5, 5.41) is 14.3. The van der Waals surface area contributed by atoms with Crippen molar-refractivity contribution in [1.82, 2.24) is 10.6 Å². The summed E-state index contributed by atoms with van der Waals surface area (Å²) in [7, 11) is 0. The maximum Gasteiger partial charge on any atom is 0.268 e. The Morgan fingerprint density at radius 1 is 1.30 bits per heavy atom. The highest BCUT2D eigenvalue weighted by Crippen LogP contribution is 2.05. The number of carbonyl (C=O) groups is 2. The van der Waals surface area contributed by atoms with Crippen LogP contribution in [0.25, 0.3) is 6.08 Å². The van der Waals surface area contributed by atoms with Crippen molar-refractivity contribution in [3.8, 4) is 0 Å². The normalized spacial score (nSPS) is 12.7. The molecule has 20 heavy (non-hydrogen) atoms. The van der Waals surface area contributed by atoms with Gasteiger partial charge < -0.3 is 15.7 Å². The highest BCUT2D eigenvalue weighted by molar-refractivity contribution is 6.01. The van der Waals surface area contributed by atoms with Crippen molar-refractivity contribution < 1.29 is 14.7 Å². The smallest absolute Gasteiger partial charge is 0.268 e. The molecule has 0 spiro atoms. The summed E-state index contributed by atoms with van der Waals surface area (Å²) in [5.74, 6) is -0.732. The van der Waals surface area contributed by atoms with Crippen molar-refractivity contribution in [3.63, 3.8) is 0 Å². The number of aliphatic hydroxyl groups excluding tert-OH is 1. The Morgan fingerprint density at radius 3 is 2.45 bits per heavy atom. The van der Waals surface area contributed by atoms with Crippen LogP contribution in [0.15, 0.2) is 36.0 Å². The zero-order valence-corrected chi connectivity index (χ0v) is 11.7. The van der Waals surface area contributed by atoms with Crippen LogP contribution in [-0.2, 0) is 9.59 Å². The quantitative estimate of drug-likeness (QED) is 0.680. The Kier molecular flexibility index (Phi) is 6.46. The van der Waals surface area contributed by atoms with Gasteiger partial charge in [-0.3, -0.25) is 9.59 Å². The molecule has 1 aromatic rings.